The van der Waals surface area contributed by atoms with E-state index in [0.29, 0.717) is 12.5 Å². The first-order chi connectivity index (χ1) is 7.24. The van der Waals surface area contributed by atoms with Crippen LogP contribution in [0.15, 0.2) is 0 Å². The Balaban J connectivity index is 2.16. The highest BCUT2D eigenvalue weighted by Gasteiger charge is 2.22. The maximum Gasteiger partial charge on any atom is 0.323 e. The summed E-state index contributed by atoms with van der Waals surface area (Å²) in [5.41, 5.74) is 0. The summed E-state index contributed by atoms with van der Waals surface area (Å²) in [7, 11) is 0. The van der Waals surface area contributed by atoms with Crippen molar-refractivity contribution in [2.45, 2.75) is 52.0 Å². The monoisotopic (exact) mass is 213 g/mol. The number of nitrogens with one attached hydrogen (secondary N) is 1. The molecule has 0 aromatic carbocycles. The molecule has 1 rings (SSSR count). The number of ether oxygens (including phenoxy) is 1. The Hall–Kier alpha value is -0.570. The van der Waals surface area contributed by atoms with E-state index in [1.165, 1.54) is 6.42 Å². The average Bonchev–Trinajstić information content (AvgIpc) is 2.27. The van der Waals surface area contributed by atoms with Gasteiger partial charge in [0.25, 0.3) is 0 Å². The molecule has 0 aliphatic carbocycles. The van der Waals surface area contributed by atoms with Gasteiger partial charge < -0.3 is 10.1 Å². The molecular formula is C12H23NO2. The summed E-state index contributed by atoms with van der Waals surface area (Å²) in [6.45, 7) is 5.81. The summed E-state index contributed by atoms with van der Waals surface area (Å²) in [5.74, 6) is 0.431. The molecule has 1 aliphatic heterocycles. The highest BCUT2D eigenvalue weighted by molar-refractivity contribution is 5.75. The lowest BCUT2D eigenvalue weighted by Crippen LogP contribution is -2.41. The number of carbonyl (C=O) groups excluding carboxylic acids is 1. The van der Waals surface area contributed by atoms with E-state index >= 15 is 0 Å². The number of hydrogen-bond donors (Lipinski definition) is 1. The molecule has 0 saturated carbocycles. The number of esters is 1. The topological polar surface area (TPSA) is 38.3 Å². The van der Waals surface area contributed by atoms with Crippen molar-refractivity contribution in [3.8, 4) is 0 Å². The molecule has 0 aromatic heterocycles. The molecule has 0 radical (unpaired) electrons. The molecule has 2 atom stereocenters. The van der Waals surface area contributed by atoms with Crippen LogP contribution in [0, 0.1) is 5.92 Å². The van der Waals surface area contributed by atoms with Crippen molar-refractivity contribution in [2.75, 3.05) is 13.2 Å². The van der Waals surface area contributed by atoms with Gasteiger partial charge in [0.15, 0.2) is 0 Å². The standard InChI is InChI=1S/C12H23NO2/c1-3-6-10(2)9-15-12(14)11-7-4-5-8-13-11/h10-11,13H,3-9H2,1-2H3/t10?,11-/m1/s1. The van der Waals surface area contributed by atoms with Crippen LogP contribution >= 0.6 is 0 Å². The van der Waals surface area contributed by atoms with Crippen LogP contribution in [0.3, 0.4) is 0 Å². The highest BCUT2D eigenvalue weighted by atomic mass is 16.5. The van der Waals surface area contributed by atoms with Gasteiger partial charge in [-0.25, -0.2) is 0 Å². The normalized spacial score (nSPS) is 23.5. The molecule has 15 heavy (non-hydrogen) atoms. The van der Waals surface area contributed by atoms with Gasteiger partial charge in [-0.2, -0.15) is 0 Å². The molecule has 88 valence electrons. The van der Waals surface area contributed by atoms with Crippen molar-refractivity contribution >= 4 is 5.97 Å². The van der Waals surface area contributed by atoms with Crippen LogP contribution in [-0.2, 0) is 9.53 Å². The number of hydrogen-bond acceptors (Lipinski definition) is 3. The predicted octanol–water partition coefficient (Wildman–Crippen LogP) is 2.11. The Morgan fingerprint density at radius 3 is 2.93 bits per heavy atom. The molecule has 0 aromatic rings. The van der Waals surface area contributed by atoms with E-state index < -0.39 is 0 Å². The first kappa shape index (κ1) is 12.5. The summed E-state index contributed by atoms with van der Waals surface area (Å²) >= 11 is 0. The van der Waals surface area contributed by atoms with Gasteiger partial charge in [-0.1, -0.05) is 26.7 Å². The molecular weight excluding hydrogens is 190 g/mol. The first-order valence-electron chi connectivity index (χ1n) is 6.14. The second kappa shape index (κ2) is 6.83. The predicted molar refractivity (Wildman–Crippen MR) is 60.7 cm³/mol. The van der Waals surface area contributed by atoms with Crippen molar-refractivity contribution in [3.63, 3.8) is 0 Å². The summed E-state index contributed by atoms with van der Waals surface area (Å²) in [4.78, 5) is 11.6. The van der Waals surface area contributed by atoms with Crippen LogP contribution in [0.1, 0.15) is 46.0 Å². The molecule has 0 bridgehead atoms. The Labute approximate surface area is 92.6 Å². The van der Waals surface area contributed by atoms with Gasteiger partial charge in [-0.15, -0.1) is 0 Å². The van der Waals surface area contributed by atoms with Gasteiger partial charge in [-0.3, -0.25) is 4.79 Å². The minimum atomic E-state index is -0.0577. The van der Waals surface area contributed by atoms with E-state index in [4.69, 9.17) is 4.74 Å². The van der Waals surface area contributed by atoms with Crippen LogP contribution in [-0.4, -0.2) is 25.2 Å². The van der Waals surface area contributed by atoms with Crippen LogP contribution in [0.2, 0.25) is 0 Å². The third-order valence-electron chi connectivity index (χ3n) is 2.89. The molecule has 1 heterocycles. The fraction of sp³-hybridized carbons (Fsp3) is 0.917. The minimum Gasteiger partial charge on any atom is -0.464 e. The van der Waals surface area contributed by atoms with Gasteiger partial charge in [0.2, 0.25) is 0 Å². The second-order valence-electron chi connectivity index (χ2n) is 4.53. The molecule has 1 N–H and O–H groups in total. The molecule has 1 aliphatic rings. The Bertz CT molecular complexity index is 188. The third kappa shape index (κ3) is 4.65. The lowest BCUT2D eigenvalue weighted by atomic mass is 10.1. The van der Waals surface area contributed by atoms with Crippen LogP contribution in [0.5, 0.6) is 0 Å². The Morgan fingerprint density at radius 1 is 1.53 bits per heavy atom. The lowest BCUT2D eigenvalue weighted by Gasteiger charge is -2.22. The molecule has 1 unspecified atom stereocenters. The van der Waals surface area contributed by atoms with E-state index in [1.807, 2.05) is 0 Å². The lowest BCUT2D eigenvalue weighted by molar-refractivity contribution is -0.148. The number of piperidine rings is 1. The fourth-order valence-electron chi connectivity index (χ4n) is 1.95. The van der Waals surface area contributed by atoms with E-state index in [0.717, 1.165) is 32.2 Å². The van der Waals surface area contributed by atoms with E-state index in [9.17, 15) is 4.79 Å². The van der Waals surface area contributed by atoms with Crippen molar-refractivity contribution in [2.24, 2.45) is 5.92 Å². The molecule has 3 heteroatoms. The minimum absolute atomic E-state index is 0.0485. The quantitative estimate of drug-likeness (QED) is 0.711. The zero-order valence-electron chi connectivity index (χ0n) is 9.92. The SMILES string of the molecule is CCCC(C)COC(=O)[C@H]1CCCCN1. The Morgan fingerprint density at radius 2 is 2.33 bits per heavy atom. The van der Waals surface area contributed by atoms with Gasteiger partial charge >= 0.3 is 5.97 Å². The number of carbonyl (C=O) groups is 1. The Kier molecular flexibility index (Phi) is 5.69. The smallest absolute Gasteiger partial charge is 0.323 e. The van der Waals surface area contributed by atoms with E-state index in [2.05, 4.69) is 19.2 Å². The van der Waals surface area contributed by atoms with Gasteiger partial charge in [0.05, 0.1) is 6.61 Å². The molecule has 1 fully saturated rings. The zero-order chi connectivity index (χ0) is 11.1. The third-order valence-corrected chi connectivity index (χ3v) is 2.89. The average molecular weight is 213 g/mol. The maximum atomic E-state index is 11.6. The first-order valence-corrected chi connectivity index (χ1v) is 6.14. The molecule has 1 saturated heterocycles. The zero-order valence-corrected chi connectivity index (χ0v) is 9.92. The van der Waals surface area contributed by atoms with Gasteiger partial charge in [-0.05, 0) is 31.7 Å². The van der Waals surface area contributed by atoms with E-state index in [-0.39, 0.29) is 12.0 Å². The van der Waals surface area contributed by atoms with Crippen molar-refractivity contribution < 1.29 is 9.53 Å². The maximum absolute atomic E-state index is 11.6. The summed E-state index contributed by atoms with van der Waals surface area (Å²) in [5, 5.41) is 3.20. The fourth-order valence-corrected chi connectivity index (χ4v) is 1.95. The van der Waals surface area contributed by atoms with E-state index in [1.54, 1.807) is 0 Å². The van der Waals surface area contributed by atoms with Gasteiger partial charge in [0.1, 0.15) is 6.04 Å². The highest BCUT2D eigenvalue weighted by Crippen LogP contribution is 2.10. The van der Waals surface area contributed by atoms with Crippen molar-refractivity contribution in [1.82, 2.24) is 5.32 Å². The van der Waals surface area contributed by atoms with Crippen LogP contribution in [0.4, 0.5) is 0 Å². The molecule has 3 nitrogen and oxygen atoms in total. The van der Waals surface area contributed by atoms with Gasteiger partial charge in [0, 0.05) is 0 Å². The molecule has 0 amide bonds. The van der Waals surface area contributed by atoms with Crippen LogP contribution < -0.4 is 5.32 Å². The van der Waals surface area contributed by atoms with Crippen molar-refractivity contribution in [1.29, 1.82) is 0 Å². The van der Waals surface area contributed by atoms with Crippen molar-refractivity contribution in [3.05, 3.63) is 0 Å². The molecule has 0 spiro atoms. The number of rotatable bonds is 5. The largest absolute Gasteiger partial charge is 0.464 e. The summed E-state index contributed by atoms with van der Waals surface area (Å²) in [6, 6.07) is -0.0485. The summed E-state index contributed by atoms with van der Waals surface area (Å²) in [6.07, 6.45) is 5.53. The second-order valence-corrected chi connectivity index (χ2v) is 4.53. The summed E-state index contributed by atoms with van der Waals surface area (Å²) < 4.78 is 5.29. The van der Waals surface area contributed by atoms with Crippen LogP contribution in [0.25, 0.3) is 0 Å².